The Bertz CT molecular complexity index is 640. The summed E-state index contributed by atoms with van der Waals surface area (Å²) in [6.45, 7) is 0.221. The fraction of sp³-hybridized carbons (Fsp3) is 0.556. The Kier molecular flexibility index (Phi) is 10.0. The van der Waals surface area contributed by atoms with Crippen molar-refractivity contribution in [2.45, 2.75) is 25.2 Å². The highest BCUT2D eigenvalue weighted by Crippen LogP contribution is 2.19. The average Bonchev–Trinajstić information content (AvgIpc) is 3.02. The number of aliphatic imine (C=N–C) groups is 1. The SMILES string of the molecule is CN(C)C(=O)CNC(=NCc1ccccc1)NC1CCN(CC(F)(F)F)C1.I. The molecule has 1 aromatic carbocycles. The van der Waals surface area contributed by atoms with Gasteiger partial charge >= 0.3 is 6.18 Å². The highest BCUT2D eigenvalue weighted by atomic mass is 127. The van der Waals surface area contributed by atoms with Crippen molar-refractivity contribution >= 4 is 35.8 Å². The Morgan fingerprint density at radius 2 is 1.96 bits per heavy atom. The fourth-order valence-electron chi connectivity index (χ4n) is 2.76. The maximum atomic E-state index is 12.6. The van der Waals surface area contributed by atoms with Gasteiger partial charge in [0.05, 0.1) is 19.6 Å². The van der Waals surface area contributed by atoms with Gasteiger partial charge in [-0.05, 0) is 12.0 Å². The number of likely N-dealkylation sites (tertiary alicyclic amines) is 1. The lowest BCUT2D eigenvalue weighted by molar-refractivity contribution is -0.143. The second-order valence-electron chi connectivity index (χ2n) is 6.77. The number of alkyl halides is 3. The standard InChI is InChI=1S/C18H26F3N5O.HI/c1-25(2)16(27)11-23-17(22-10-14-6-4-3-5-7-14)24-15-8-9-26(12-15)13-18(19,20)21;/h3-7,15H,8-13H2,1-2H3,(H2,22,23,24);1H. The monoisotopic (exact) mass is 513 g/mol. The van der Waals surface area contributed by atoms with E-state index in [2.05, 4.69) is 15.6 Å². The van der Waals surface area contributed by atoms with Gasteiger partial charge in [-0.25, -0.2) is 4.99 Å². The highest BCUT2D eigenvalue weighted by Gasteiger charge is 2.34. The second kappa shape index (κ2) is 11.4. The first-order valence-corrected chi connectivity index (χ1v) is 8.81. The van der Waals surface area contributed by atoms with E-state index in [0.29, 0.717) is 25.5 Å². The molecule has 2 rings (SSSR count). The molecule has 1 aromatic rings. The summed E-state index contributed by atoms with van der Waals surface area (Å²) in [7, 11) is 3.31. The lowest BCUT2D eigenvalue weighted by Gasteiger charge is -2.20. The van der Waals surface area contributed by atoms with Crippen LogP contribution in [0, 0.1) is 0 Å². The molecule has 1 unspecified atom stereocenters. The molecule has 1 heterocycles. The van der Waals surface area contributed by atoms with Gasteiger partial charge in [-0.3, -0.25) is 9.69 Å². The zero-order chi connectivity index (χ0) is 19.9. The van der Waals surface area contributed by atoms with Crippen LogP contribution < -0.4 is 10.6 Å². The molecule has 10 heteroatoms. The highest BCUT2D eigenvalue weighted by molar-refractivity contribution is 14.0. The third-order valence-corrected chi connectivity index (χ3v) is 4.18. The quantitative estimate of drug-likeness (QED) is 0.348. The van der Waals surface area contributed by atoms with Crippen LogP contribution in [0.3, 0.4) is 0 Å². The Morgan fingerprint density at radius 3 is 2.57 bits per heavy atom. The summed E-state index contributed by atoms with van der Waals surface area (Å²) in [6, 6.07) is 9.46. The number of carbonyl (C=O) groups excluding carboxylic acids is 1. The van der Waals surface area contributed by atoms with Gasteiger partial charge in [0.15, 0.2) is 5.96 Å². The Balaban J connectivity index is 0.00000392. The van der Waals surface area contributed by atoms with E-state index in [1.54, 1.807) is 14.1 Å². The minimum atomic E-state index is -4.20. The first kappa shape index (κ1) is 24.5. The predicted octanol–water partition coefficient (Wildman–Crippen LogP) is 2.06. The van der Waals surface area contributed by atoms with Gasteiger partial charge in [0.2, 0.25) is 5.91 Å². The normalized spacial score (nSPS) is 17.8. The zero-order valence-electron chi connectivity index (χ0n) is 16.0. The summed E-state index contributed by atoms with van der Waals surface area (Å²) in [5.74, 6) is 0.308. The van der Waals surface area contributed by atoms with Crippen molar-refractivity contribution in [1.29, 1.82) is 0 Å². The zero-order valence-corrected chi connectivity index (χ0v) is 18.3. The lowest BCUT2D eigenvalue weighted by Crippen LogP contribution is -2.47. The van der Waals surface area contributed by atoms with E-state index in [9.17, 15) is 18.0 Å². The number of nitrogens with zero attached hydrogens (tertiary/aromatic N) is 3. The van der Waals surface area contributed by atoms with Crippen LogP contribution in [0.1, 0.15) is 12.0 Å². The van der Waals surface area contributed by atoms with Crippen LogP contribution in [-0.4, -0.2) is 74.2 Å². The van der Waals surface area contributed by atoms with Gasteiger partial charge in [0, 0.05) is 33.2 Å². The smallest absolute Gasteiger partial charge is 0.352 e. The molecule has 0 bridgehead atoms. The van der Waals surface area contributed by atoms with E-state index in [1.165, 1.54) is 9.80 Å². The molecule has 0 aliphatic carbocycles. The molecule has 6 nitrogen and oxygen atoms in total. The summed E-state index contributed by atoms with van der Waals surface area (Å²) in [6.07, 6.45) is -3.61. The molecule has 158 valence electrons. The Hall–Kier alpha value is -1.56. The Morgan fingerprint density at radius 1 is 1.29 bits per heavy atom. The van der Waals surface area contributed by atoms with Crippen LogP contribution in [0.5, 0.6) is 0 Å². The number of hydrogen-bond acceptors (Lipinski definition) is 3. The number of nitrogens with one attached hydrogen (secondary N) is 2. The van der Waals surface area contributed by atoms with Crippen molar-refractivity contribution in [2.75, 3.05) is 40.3 Å². The van der Waals surface area contributed by atoms with E-state index < -0.39 is 12.7 Å². The molecule has 0 saturated carbocycles. The number of amides is 1. The largest absolute Gasteiger partial charge is 0.401 e. The van der Waals surface area contributed by atoms with Crippen LogP contribution >= 0.6 is 24.0 Å². The molecule has 1 amide bonds. The van der Waals surface area contributed by atoms with E-state index >= 15 is 0 Å². The lowest BCUT2D eigenvalue weighted by atomic mass is 10.2. The molecule has 1 fully saturated rings. The van der Waals surface area contributed by atoms with Crippen LogP contribution in [0.4, 0.5) is 13.2 Å². The van der Waals surface area contributed by atoms with Crippen LogP contribution in [0.15, 0.2) is 35.3 Å². The molecule has 2 N–H and O–H groups in total. The predicted molar refractivity (Wildman–Crippen MR) is 114 cm³/mol. The van der Waals surface area contributed by atoms with Gasteiger partial charge in [-0.15, -0.1) is 24.0 Å². The molecule has 0 spiro atoms. The van der Waals surface area contributed by atoms with Gasteiger partial charge in [0.25, 0.3) is 0 Å². The molecular formula is C18H27F3IN5O. The topological polar surface area (TPSA) is 60.0 Å². The van der Waals surface area contributed by atoms with Crippen molar-refractivity contribution in [3.63, 3.8) is 0 Å². The third-order valence-electron chi connectivity index (χ3n) is 4.18. The minimum absolute atomic E-state index is 0. The first-order valence-electron chi connectivity index (χ1n) is 8.81. The summed E-state index contributed by atoms with van der Waals surface area (Å²) in [5.41, 5.74) is 1.00. The third kappa shape index (κ3) is 9.09. The number of rotatable bonds is 6. The first-order chi connectivity index (χ1) is 12.7. The van der Waals surface area contributed by atoms with Crippen LogP contribution in [0.25, 0.3) is 0 Å². The fourth-order valence-corrected chi connectivity index (χ4v) is 2.76. The van der Waals surface area contributed by atoms with E-state index in [1.807, 2.05) is 30.3 Å². The maximum absolute atomic E-state index is 12.6. The number of carbonyl (C=O) groups is 1. The number of hydrogen-bond donors (Lipinski definition) is 2. The summed E-state index contributed by atoms with van der Waals surface area (Å²) < 4.78 is 37.7. The van der Waals surface area contributed by atoms with Crippen molar-refractivity contribution in [3.05, 3.63) is 35.9 Å². The minimum Gasteiger partial charge on any atom is -0.352 e. The maximum Gasteiger partial charge on any atom is 0.401 e. The van der Waals surface area contributed by atoms with E-state index in [0.717, 1.165) is 5.56 Å². The molecule has 1 saturated heterocycles. The number of likely N-dealkylation sites (N-methyl/N-ethyl adjacent to an activating group) is 1. The van der Waals surface area contributed by atoms with Gasteiger partial charge in [-0.1, -0.05) is 30.3 Å². The van der Waals surface area contributed by atoms with Gasteiger partial charge < -0.3 is 15.5 Å². The van der Waals surface area contributed by atoms with Crippen LogP contribution in [-0.2, 0) is 11.3 Å². The van der Waals surface area contributed by atoms with Crippen molar-refractivity contribution in [2.24, 2.45) is 4.99 Å². The number of guanidine groups is 1. The van der Waals surface area contributed by atoms with Crippen molar-refractivity contribution in [3.8, 4) is 0 Å². The summed E-state index contributed by atoms with van der Waals surface area (Å²) >= 11 is 0. The van der Waals surface area contributed by atoms with E-state index in [-0.39, 0.29) is 49.0 Å². The molecule has 1 aliphatic rings. The number of halogens is 4. The van der Waals surface area contributed by atoms with Crippen molar-refractivity contribution < 1.29 is 18.0 Å². The molecular weight excluding hydrogens is 486 g/mol. The Labute approximate surface area is 180 Å². The van der Waals surface area contributed by atoms with Gasteiger partial charge in [-0.2, -0.15) is 13.2 Å². The number of benzene rings is 1. The summed E-state index contributed by atoms with van der Waals surface area (Å²) in [5, 5.41) is 6.12. The molecule has 1 aliphatic heterocycles. The molecule has 0 radical (unpaired) electrons. The average molecular weight is 513 g/mol. The van der Waals surface area contributed by atoms with Gasteiger partial charge in [0.1, 0.15) is 0 Å². The molecule has 0 aromatic heterocycles. The van der Waals surface area contributed by atoms with Crippen molar-refractivity contribution in [1.82, 2.24) is 20.4 Å². The molecule has 28 heavy (non-hydrogen) atoms. The van der Waals surface area contributed by atoms with Crippen LogP contribution in [0.2, 0.25) is 0 Å². The second-order valence-corrected chi connectivity index (χ2v) is 6.77. The molecule has 1 atom stereocenters. The van der Waals surface area contributed by atoms with E-state index in [4.69, 9.17) is 0 Å². The summed E-state index contributed by atoms with van der Waals surface area (Å²) in [4.78, 5) is 19.1.